The molecule has 2 nitrogen and oxygen atoms in total. The van der Waals surface area contributed by atoms with Crippen LogP contribution in [0.25, 0.3) is 32.9 Å². The summed E-state index contributed by atoms with van der Waals surface area (Å²) in [4.78, 5) is 4.62. The summed E-state index contributed by atoms with van der Waals surface area (Å²) in [5.74, 6) is 0. The first-order chi connectivity index (χ1) is 10.7. The van der Waals surface area contributed by atoms with Crippen LogP contribution in [-0.2, 0) is 7.05 Å². The predicted octanol–water partition coefficient (Wildman–Crippen LogP) is 5.36. The Hall–Kier alpha value is -2.32. The van der Waals surface area contributed by atoms with E-state index in [1.165, 1.54) is 27.7 Å². The number of hydrogen-bond donors (Lipinski definition) is 0. The van der Waals surface area contributed by atoms with Crippen molar-refractivity contribution in [1.82, 2.24) is 9.55 Å². The minimum absolute atomic E-state index is 0.738. The number of nitrogens with zero attached hydrogens (tertiary/aromatic N) is 2. The molecule has 2 aromatic heterocycles. The molecular formula is C19H15ClN2. The highest BCUT2D eigenvalue weighted by atomic mass is 35.5. The summed E-state index contributed by atoms with van der Waals surface area (Å²) in [7, 11) is 2.10. The van der Waals surface area contributed by atoms with E-state index in [0.717, 1.165) is 15.9 Å². The van der Waals surface area contributed by atoms with Crippen LogP contribution in [0.3, 0.4) is 0 Å². The standard InChI is InChI=1S/C19H15ClN2/c1-12-18(13-6-4-3-5-7-13)16-11-21-17-9-8-14(20)10-15(17)19(16)22(12)2/h3-11H,1-2H3. The third kappa shape index (κ3) is 1.84. The molecule has 0 aliphatic rings. The monoisotopic (exact) mass is 306 g/mol. The van der Waals surface area contributed by atoms with Crippen LogP contribution in [0.15, 0.2) is 54.7 Å². The zero-order valence-corrected chi connectivity index (χ0v) is 13.2. The van der Waals surface area contributed by atoms with E-state index in [9.17, 15) is 0 Å². The molecular weight excluding hydrogens is 292 g/mol. The summed E-state index contributed by atoms with van der Waals surface area (Å²) in [5, 5.41) is 3.00. The molecule has 0 radical (unpaired) electrons. The second kappa shape index (κ2) is 4.85. The Bertz CT molecular complexity index is 1000. The topological polar surface area (TPSA) is 17.8 Å². The van der Waals surface area contributed by atoms with Crippen LogP contribution in [0.1, 0.15) is 5.69 Å². The summed E-state index contributed by atoms with van der Waals surface area (Å²) in [6.45, 7) is 2.15. The van der Waals surface area contributed by atoms with Gasteiger partial charge in [0.05, 0.1) is 11.0 Å². The lowest BCUT2D eigenvalue weighted by Gasteiger charge is -2.03. The molecule has 0 spiro atoms. The lowest BCUT2D eigenvalue weighted by molar-refractivity contribution is 0.922. The second-order valence-electron chi connectivity index (χ2n) is 5.57. The summed E-state index contributed by atoms with van der Waals surface area (Å²) in [6, 6.07) is 16.3. The Morgan fingerprint density at radius 2 is 1.77 bits per heavy atom. The van der Waals surface area contributed by atoms with Crippen molar-refractivity contribution in [3.8, 4) is 11.1 Å². The van der Waals surface area contributed by atoms with Gasteiger partial charge in [-0.05, 0) is 30.7 Å². The van der Waals surface area contributed by atoms with E-state index in [1.54, 1.807) is 0 Å². The fourth-order valence-electron chi connectivity index (χ4n) is 3.19. The number of halogens is 1. The highest BCUT2D eigenvalue weighted by molar-refractivity contribution is 6.31. The molecule has 0 amide bonds. The van der Waals surface area contributed by atoms with Gasteiger partial charge in [-0.3, -0.25) is 4.98 Å². The van der Waals surface area contributed by atoms with Crippen LogP contribution < -0.4 is 0 Å². The van der Waals surface area contributed by atoms with Gasteiger partial charge in [0.2, 0.25) is 0 Å². The molecule has 3 heteroatoms. The lowest BCUT2D eigenvalue weighted by Crippen LogP contribution is -1.92. The Morgan fingerprint density at radius 1 is 1.00 bits per heavy atom. The molecule has 4 aromatic rings. The molecule has 0 N–H and O–H groups in total. The van der Waals surface area contributed by atoms with Crippen LogP contribution in [0.4, 0.5) is 0 Å². The molecule has 0 aliphatic heterocycles. The quantitative estimate of drug-likeness (QED) is 0.463. The molecule has 4 rings (SSSR count). The van der Waals surface area contributed by atoms with Gasteiger partial charge in [-0.15, -0.1) is 0 Å². The average molecular weight is 307 g/mol. The van der Waals surface area contributed by atoms with E-state index in [1.807, 2.05) is 30.5 Å². The molecule has 0 atom stereocenters. The van der Waals surface area contributed by atoms with E-state index in [0.29, 0.717) is 0 Å². The van der Waals surface area contributed by atoms with Crippen molar-refractivity contribution < 1.29 is 0 Å². The molecule has 108 valence electrons. The third-order valence-electron chi connectivity index (χ3n) is 4.33. The minimum Gasteiger partial charge on any atom is -0.347 e. The summed E-state index contributed by atoms with van der Waals surface area (Å²) < 4.78 is 2.23. The molecule has 0 fully saturated rings. The second-order valence-corrected chi connectivity index (χ2v) is 6.00. The first-order valence-electron chi connectivity index (χ1n) is 7.25. The van der Waals surface area contributed by atoms with Crippen LogP contribution >= 0.6 is 11.6 Å². The van der Waals surface area contributed by atoms with E-state index >= 15 is 0 Å². The summed E-state index contributed by atoms with van der Waals surface area (Å²) in [5.41, 5.74) is 5.85. The van der Waals surface area contributed by atoms with Crippen LogP contribution in [0.5, 0.6) is 0 Å². The van der Waals surface area contributed by atoms with Gasteiger partial charge < -0.3 is 4.57 Å². The molecule has 0 bridgehead atoms. The van der Waals surface area contributed by atoms with Crippen molar-refractivity contribution in [1.29, 1.82) is 0 Å². The smallest absolute Gasteiger partial charge is 0.0724 e. The number of pyridine rings is 1. The van der Waals surface area contributed by atoms with Gasteiger partial charge in [0, 0.05) is 40.3 Å². The number of fused-ring (bicyclic) bond motifs is 3. The molecule has 0 aliphatic carbocycles. The SMILES string of the molecule is Cc1c(-c2ccccc2)c2cnc3ccc(Cl)cc3c2n1C. The van der Waals surface area contributed by atoms with Crippen molar-refractivity contribution in [2.45, 2.75) is 6.92 Å². The number of hydrogen-bond acceptors (Lipinski definition) is 1. The molecule has 0 unspecified atom stereocenters. The Kier molecular flexibility index (Phi) is 2.95. The van der Waals surface area contributed by atoms with Gasteiger partial charge in [-0.25, -0.2) is 0 Å². The molecule has 0 saturated heterocycles. The number of aromatic nitrogens is 2. The zero-order valence-electron chi connectivity index (χ0n) is 12.5. The fourth-order valence-corrected chi connectivity index (χ4v) is 3.37. The summed E-state index contributed by atoms with van der Waals surface area (Å²) in [6.07, 6.45) is 1.97. The van der Waals surface area contributed by atoms with Crippen molar-refractivity contribution in [3.63, 3.8) is 0 Å². The first-order valence-corrected chi connectivity index (χ1v) is 7.63. The summed E-state index contributed by atoms with van der Waals surface area (Å²) >= 11 is 6.20. The minimum atomic E-state index is 0.738. The highest BCUT2D eigenvalue weighted by Crippen LogP contribution is 2.37. The van der Waals surface area contributed by atoms with Crippen molar-refractivity contribution >= 4 is 33.4 Å². The van der Waals surface area contributed by atoms with E-state index in [2.05, 4.69) is 47.8 Å². The van der Waals surface area contributed by atoms with E-state index < -0.39 is 0 Å². The normalized spacial score (nSPS) is 11.4. The van der Waals surface area contributed by atoms with Crippen molar-refractivity contribution in [2.75, 3.05) is 0 Å². The van der Waals surface area contributed by atoms with Gasteiger partial charge in [-0.2, -0.15) is 0 Å². The van der Waals surface area contributed by atoms with E-state index in [-0.39, 0.29) is 0 Å². The Morgan fingerprint density at radius 3 is 2.55 bits per heavy atom. The average Bonchev–Trinajstić information content (AvgIpc) is 2.80. The van der Waals surface area contributed by atoms with Crippen molar-refractivity contribution in [3.05, 3.63) is 65.4 Å². The lowest BCUT2D eigenvalue weighted by atomic mass is 10.0. The fraction of sp³-hybridized carbons (Fsp3) is 0.105. The zero-order chi connectivity index (χ0) is 15.3. The van der Waals surface area contributed by atoms with Gasteiger partial charge in [-0.1, -0.05) is 41.9 Å². The van der Waals surface area contributed by atoms with Gasteiger partial charge >= 0.3 is 0 Å². The maximum atomic E-state index is 6.20. The Labute approximate surface area is 134 Å². The number of rotatable bonds is 1. The number of benzene rings is 2. The van der Waals surface area contributed by atoms with Crippen molar-refractivity contribution in [2.24, 2.45) is 7.05 Å². The molecule has 0 saturated carbocycles. The largest absolute Gasteiger partial charge is 0.347 e. The van der Waals surface area contributed by atoms with Crippen LogP contribution in [0, 0.1) is 6.92 Å². The van der Waals surface area contributed by atoms with Gasteiger partial charge in [0.1, 0.15) is 0 Å². The van der Waals surface area contributed by atoms with E-state index in [4.69, 9.17) is 11.6 Å². The maximum Gasteiger partial charge on any atom is 0.0724 e. The van der Waals surface area contributed by atoms with Crippen LogP contribution in [0.2, 0.25) is 5.02 Å². The predicted molar refractivity (Wildman–Crippen MR) is 93.4 cm³/mol. The first kappa shape index (κ1) is 13.4. The maximum absolute atomic E-state index is 6.20. The van der Waals surface area contributed by atoms with Crippen LogP contribution in [-0.4, -0.2) is 9.55 Å². The highest BCUT2D eigenvalue weighted by Gasteiger charge is 2.16. The van der Waals surface area contributed by atoms with Gasteiger partial charge in [0.25, 0.3) is 0 Å². The molecule has 2 aromatic carbocycles. The Balaban J connectivity index is 2.19. The molecule has 22 heavy (non-hydrogen) atoms. The number of aryl methyl sites for hydroxylation is 1. The third-order valence-corrected chi connectivity index (χ3v) is 4.57. The molecule has 2 heterocycles. The van der Waals surface area contributed by atoms with Gasteiger partial charge in [0.15, 0.2) is 0 Å².